The van der Waals surface area contributed by atoms with Crippen molar-refractivity contribution in [2.75, 3.05) is 10.6 Å². The Labute approximate surface area is 154 Å². The van der Waals surface area contributed by atoms with Gasteiger partial charge in [-0.3, -0.25) is 10.1 Å². The van der Waals surface area contributed by atoms with Gasteiger partial charge in [-0.1, -0.05) is 30.3 Å². The molecule has 0 bridgehead atoms. The lowest BCUT2D eigenvalue weighted by Gasteiger charge is -2.26. The maximum Gasteiger partial charge on any atom is 0.250 e. The number of aromatic nitrogens is 3. The molecule has 8 nitrogen and oxygen atoms in total. The molecule has 1 amide bonds. The fraction of sp³-hybridized carbons (Fsp3) is 0.294. The zero-order valence-electron chi connectivity index (χ0n) is 13.9. The van der Waals surface area contributed by atoms with Crippen LogP contribution >= 0.6 is 11.6 Å². The summed E-state index contributed by atoms with van der Waals surface area (Å²) < 4.78 is 1.69. The maximum atomic E-state index is 11.9. The number of allylic oxidation sites excluding steroid dienone is 1. The van der Waals surface area contributed by atoms with Crippen LogP contribution in [0, 0.1) is 0 Å². The highest BCUT2D eigenvalue weighted by atomic mass is 35.5. The molecule has 0 unspecified atom stereocenters. The Balaban J connectivity index is 1.75. The van der Waals surface area contributed by atoms with E-state index in [-0.39, 0.29) is 37.2 Å². The number of anilines is 2. The zero-order valence-corrected chi connectivity index (χ0v) is 14.6. The SMILES string of the molecule is C=C1C[C@@H](c2ccc(Cl)cc2)n2nc(NC(=O)CCCC(=O)[O-])nc2N1. The predicted octanol–water partition coefficient (Wildman–Crippen LogP) is 1.71. The number of carboxylic acid groups (broad SMARTS) is 1. The topological polar surface area (TPSA) is 112 Å². The minimum Gasteiger partial charge on any atom is -0.550 e. The molecule has 1 aliphatic heterocycles. The van der Waals surface area contributed by atoms with Gasteiger partial charge in [-0.25, -0.2) is 4.68 Å². The number of halogens is 1. The second-order valence-electron chi connectivity index (χ2n) is 5.98. The molecule has 136 valence electrons. The highest BCUT2D eigenvalue weighted by Crippen LogP contribution is 2.33. The summed E-state index contributed by atoms with van der Waals surface area (Å²) in [6.45, 7) is 3.97. The number of rotatable bonds is 6. The van der Waals surface area contributed by atoms with Crippen LogP contribution < -0.4 is 15.7 Å². The Hall–Kier alpha value is -2.87. The van der Waals surface area contributed by atoms with E-state index in [4.69, 9.17) is 11.6 Å². The van der Waals surface area contributed by atoms with Crippen LogP contribution in [0.4, 0.5) is 11.9 Å². The summed E-state index contributed by atoms with van der Waals surface area (Å²) in [7, 11) is 0. The van der Waals surface area contributed by atoms with E-state index < -0.39 is 5.97 Å². The van der Waals surface area contributed by atoms with Gasteiger partial charge in [0.15, 0.2) is 0 Å². The largest absolute Gasteiger partial charge is 0.550 e. The van der Waals surface area contributed by atoms with Crippen molar-refractivity contribution in [2.45, 2.75) is 31.7 Å². The number of nitrogens with one attached hydrogen (secondary N) is 2. The Morgan fingerprint density at radius 1 is 1.35 bits per heavy atom. The smallest absolute Gasteiger partial charge is 0.250 e. The summed E-state index contributed by atoms with van der Waals surface area (Å²) in [5.74, 6) is -0.899. The van der Waals surface area contributed by atoms with Gasteiger partial charge in [-0.15, -0.1) is 5.10 Å². The van der Waals surface area contributed by atoms with Gasteiger partial charge in [-0.2, -0.15) is 4.98 Å². The minimum atomic E-state index is -1.18. The van der Waals surface area contributed by atoms with Crippen LogP contribution in [-0.2, 0) is 9.59 Å². The number of aliphatic carboxylic acids is 1. The Kier molecular flexibility index (Phi) is 5.22. The maximum absolute atomic E-state index is 11.9. The Morgan fingerprint density at radius 3 is 2.77 bits per heavy atom. The number of fused-ring (bicyclic) bond motifs is 1. The van der Waals surface area contributed by atoms with E-state index >= 15 is 0 Å². The lowest BCUT2D eigenvalue weighted by molar-refractivity contribution is -0.305. The molecule has 0 saturated heterocycles. The lowest BCUT2D eigenvalue weighted by Crippen LogP contribution is -2.23. The fourth-order valence-corrected chi connectivity index (χ4v) is 2.86. The number of carbonyl (C=O) groups excluding carboxylic acids is 2. The van der Waals surface area contributed by atoms with Crippen LogP contribution in [0.5, 0.6) is 0 Å². The van der Waals surface area contributed by atoms with Crippen LogP contribution in [0.3, 0.4) is 0 Å². The first-order chi connectivity index (χ1) is 12.4. The molecule has 2 N–H and O–H groups in total. The summed E-state index contributed by atoms with van der Waals surface area (Å²) in [4.78, 5) is 26.6. The third kappa shape index (κ3) is 4.20. The number of carboxylic acids is 1. The standard InChI is InChI=1S/C17H18ClN5O3/c1-10-9-13(11-5-7-12(18)8-6-11)23-17(19-10)21-16(22-23)20-14(24)3-2-4-15(25)26/h5-8,13H,1-4,9H2,(H,25,26)(H2,19,20,21,22,24)/p-1/t13-/m0/s1. The van der Waals surface area contributed by atoms with Crippen molar-refractivity contribution in [2.24, 2.45) is 0 Å². The van der Waals surface area contributed by atoms with Gasteiger partial charge in [-0.05, 0) is 30.5 Å². The summed E-state index contributed by atoms with van der Waals surface area (Å²) in [5.41, 5.74) is 1.78. The molecule has 0 aliphatic carbocycles. The van der Waals surface area contributed by atoms with E-state index in [0.717, 1.165) is 11.3 Å². The fourth-order valence-electron chi connectivity index (χ4n) is 2.73. The molecule has 0 saturated carbocycles. The molecule has 9 heteroatoms. The van der Waals surface area contributed by atoms with Crippen LogP contribution in [0.25, 0.3) is 0 Å². The second kappa shape index (κ2) is 7.57. The Bertz CT molecular complexity index is 847. The van der Waals surface area contributed by atoms with Crippen molar-refractivity contribution in [1.29, 1.82) is 0 Å². The molecule has 1 atom stereocenters. The minimum absolute atomic E-state index is 0.0542. The summed E-state index contributed by atoms with van der Waals surface area (Å²) in [5, 5.41) is 21.0. The van der Waals surface area contributed by atoms with Crippen molar-refractivity contribution in [1.82, 2.24) is 14.8 Å². The van der Waals surface area contributed by atoms with E-state index in [0.29, 0.717) is 17.4 Å². The van der Waals surface area contributed by atoms with E-state index in [1.165, 1.54) is 0 Å². The van der Waals surface area contributed by atoms with Crippen LogP contribution in [0.1, 0.15) is 37.3 Å². The molecule has 1 aliphatic rings. The molecule has 2 aromatic rings. The van der Waals surface area contributed by atoms with E-state index in [9.17, 15) is 14.7 Å². The molecule has 1 aromatic heterocycles. The molecule has 26 heavy (non-hydrogen) atoms. The molecule has 2 heterocycles. The van der Waals surface area contributed by atoms with Crippen molar-refractivity contribution in [3.8, 4) is 0 Å². The third-order valence-electron chi connectivity index (χ3n) is 3.95. The summed E-state index contributed by atoms with van der Waals surface area (Å²) in [6, 6.07) is 7.31. The van der Waals surface area contributed by atoms with Gasteiger partial charge in [0.25, 0.3) is 5.95 Å². The quantitative estimate of drug-likeness (QED) is 0.796. The first kappa shape index (κ1) is 17.9. The van der Waals surface area contributed by atoms with E-state index in [1.54, 1.807) is 16.8 Å². The molecule has 0 fully saturated rings. The second-order valence-corrected chi connectivity index (χ2v) is 6.41. The van der Waals surface area contributed by atoms with Crippen molar-refractivity contribution >= 4 is 35.4 Å². The molecule has 3 rings (SSSR count). The number of benzene rings is 1. The van der Waals surface area contributed by atoms with Gasteiger partial charge in [0.05, 0.1) is 6.04 Å². The van der Waals surface area contributed by atoms with Crippen LogP contribution in [0.2, 0.25) is 5.02 Å². The normalized spacial score (nSPS) is 15.9. The summed E-state index contributed by atoms with van der Waals surface area (Å²) in [6.07, 6.45) is 0.709. The first-order valence-electron chi connectivity index (χ1n) is 8.09. The lowest BCUT2D eigenvalue weighted by atomic mass is 10.0. The van der Waals surface area contributed by atoms with Crippen LogP contribution in [0.15, 0.2) is 36.5 Å². The monoisotopic (exact) mass is 374 g/mol. The van der Waals surface area contributed by atoms with Gasteiger partial charge in [0.2, 0.25) is 11.9 Å². The first-order valence-corrected chi connectivity index (χ1v) is 8.46. The average Bonchev–Trinajstić information content (AvgIpc) is 2.96. The molecule has 0 spiro atoms. The van der Waals surface area contributed by atoms with Crippen molar-refractivity contribution < 1.29 is 14.7 Å². The highest BCUT2D eigenvalue weighted by Gasteiger charge is 2.26. The summed E-state index contributed by atoms with van der Waals surface area (Å²) >= 11 is 5.95. The average molecular weight is 375 g/mol. The van der Waals surface area contributed by atoms with Crippen molar-refractivity contribution in [3.05, 3.63) is 47.1 Å². The molecular formula is C17H17ClN5O3-. The number of hydrogen-bond donors (Lipinski definition) is 2. The molecule has 1 aromatic carbocycles. The predicted molar refractivity (Wildman–Crippen MR) is 94.5 cm³/mol. The van der Waals surface area contributed by atoms with E-state index in [2.05, 4.69) is 27.3 Å². The van der Waals surface area contributed by atoms with Gasteiger partial charge in [0.1, 0.15) is 0 Å². The Morgan fingerprint density at radius 2 is 2.08 bits per heavy atom. The van der Waals surface area contributed by atoms with Crippen LogP contribution in [-0.4, -0.2) is 26.6 Å². The third-order valence-corrected chi connectivity index (χ3v) is 4.20. The highest BCUT2D eigenvalue weighted by molar-refractivity contribution is 6.30. The zero-order chi connectivity index (χ0) is 18.7. The number of nitrogens with zero attached hydrogens (tertiary/aromatic N) is 3. The van der Waals surface area contributed by atoms with Gasteiger partial charge >= 0.3 is 0 Å². The van der Waals surface area contributed by atoms with Gasteiger partial charge < -0.3 is 15.2 Å². The number of carbonyl (C=O) groups is 2. The van der Waals surface area contributed by atoms with Crippen molar-refractivity contribution in [3.63, 3.8) is 0 Å². The molecule has 0 radical (unpaired) electrons. The molecular weight excluding hydrogens is 358 g/mol. The van der Waals surface area contributed by atoms with E-state index in [1.807, 2.05) is 12.1 Å². The number of hydrogen-bond acceptors (Lipinski definition) is 6. The van der Waals surface area contributed by atoms with Gasteiger partial charge in [0, 0.05) is 29.5 Å². The number of amides is 1.